The Bertz CT molecular complexity index is 1020. The lowest BCUT2D eigenvalue weighted by atomic mass is 9.96. The van der Waals surface area contributed by atoms with Crippen LogP contribution in [0.5, 0.6) is 0 Å². The molecule has 144 valence electrons. The molecule has 11 heteroatoms. The Balaban J connectivity index is 1.69. The summed E-state index contributed by atoms with van der Waals surface area (Å²) in [5.74, 6) is -2.46. The van der Waals surface area contributed by atoms with Gasteiger partial charge in [0.2, 0.25) is 12.0 Å². The summed E-state index contributed by atoms with van der Waals surface area (Å²) in [6, 6.07) is 6.67. The highest BCUT2D eigenvalue weighted by Gasteiger charge is 2.56. The van der Waals surface area contributed by atoms with Crippen LogP contribution in [0.1, 0.15) is 11.3 Å². The SMILES string of the molecule is O=C1[C@H]2C(c3ncc(C(F)(F)F)cc3Cl)=NO[C@H]2C(=O)N1c1ccc(Cl)cc1. The molecule has 2 atom stereocenters. The molecule has 1 aromatic carbocycles. The number of nitrogens with zero attached hydrogens (tertiary/aromatic N) is 3. The summed E-state index contributed by atoms with van der Waals surface area (Å²) in [7, 11) is 0. The Morgan fingerprint density at radius 1 is 1.07 bits per heavy atom. The normalized spacial score (nSPS) is 21.6. The minimum atomic E-state index is -4.63. The van der Waals surface area contributed by atoms with E-state index in [1.807, 2.05) is 0 Å². The summed E-state index contributed by atoms with van der Waals surface area (Å²) in [6.45, 7) is 0. The van der Waals surface area contributed by atoms with Crippen molar-refractivity contribution in [1.29, 1.82) is 0 Å². The molecule has 2 aromatic rings. The van der Waals surface area contributed by atoms with E-state index >= 15 is 0 Å². The van der Waals surface area contributed by atoms with Gasteiger partial charge < -0.3 is 4.84 Å². The molecule has 2 aliphatic heterocycles. The van der Waals surface area contributed by atoms with E-state index < -0.39 is 35.6 Å². The highest BCUT2D eigenvalue weighted by Crippen LogP contribution is 2.37. The van der Waals surface area contributed by atoms with E-state index in [-0.39, 0.29) is 22.1 Å². The van der Waals surface area contributed by atoms with Crippen molar-refractivity contribution in [3.8, 4) is 0 Å². The number of aromatic nitrogens is 1. The number of pyridine rings is 1. The molecule has 1 saturated heterocycles. The van der Waals surface area contributed by atoms with Gasteiger partial charge in [0.1, 0.15) is 17.3 Å². The summed E-state index contributed by atoms with van der Waals surface area (Å²) in [5.41, 5.74) is -1.02. The number of rotatable bonds is 2. The Morgan fingerprint density at radius 3 is 2.36 bits per heavy atom. The molecule has 0 aliphatic carbocycles. The van der Waals surface area contributed by atoms with Gasteiger partial charge in [0.15, 0.2) is 0 Å². The first-order valence-corrected chi connectivity index (χ1v) is 8.54. The maximum absolute atomic E-state index is 12.9. The lowest BCUT2D eigenvalue weighted by Crippen LogP contribution is -2.33. The zero-order valence-electron chi connectivity index (χ0n) is 13.6. The summed E-state index contributed by atoms with van der Waals surface area (Å²) in [4.78, 5) is 35.2. The maximum atomic E-state index is 12.9. The minimum Gasteiger partial charge on any atom is -0.381 e. The topological polar surface area (TPSA) is 71.9 Å². The zero-order chi connectivity index (χ0) is 20.2. The van der Waals surface area contributed by atoms with Gasteiger partial charge in [-0.25, -0.2) is 4.90 Å². The van der Waals surface area contributed by atoms with Crippen LogP contribution in [-0.2, 0) is 20.6 Å². The second-order valence-electron chi connectivity index (χ2n) is 6.02. The molecule has 1 fully saturated rings. The number of anilines is 1. The molecular formula is C17H8Cl2F3N3O3. The van der Waals surface area contributed by atoms with Gasteiger partial charge in [0, 0.05) is 11.2 Å². The van der Waals surface area contributed by atoms with Gasteiger partial charge in [-0.05, 0) is 30.3 Å². The molecule has 0 saturated carbocycles. The number of alkyl halides is 3. The van der Waals surface area contributed by atoms with E-state index in [0.29, 0.717) is 17.3 Å². The number of benzene rings is 1. The summed E-state index contributed by atoms with van der Waals surface area (Å²) < 4.78 is 38.4. The Morgan fingerprint density at radius 2 is 1.75 bits per heavy atom. The van der Waals surface area contributed by atoms with Crippen molar-refractivity contribution in [3.05, 3.63) is 57.8 Å². The van der Waals surface area contributed by atoms with Crippen LogP contribution in [0.25, 0.3) is 0 Å². The molecule has 2 amide bonds. The predicted octanol–water partition coefficient (Wildman–Crippen LogP) is 3.70. The van der Waals surface area contributed by atoms with Gasteiger partial charge in [-0.3, -0.25) is 14.6 Å². The first-order valence-electron chi connectivity index (χ1n) is 7.78. The van der Waals surface area contributed by atoms with Crippen LogP contribution in [0.15, 0.2) is 41.7 Å². The fourth-order valence-corrected chi connectivity index (χ4v) is 3.39. The van der Waals surface area contributed by atoms with Gasteiger partial charge in [-0.2, -0.15) is 13.2 Å². The van der Waals surface area contributed by atoms with Crippen LogP contribution < -0.4 is 4.90 Å². The number of oxime groups is 1. The summed E-state index contributed by atoms with van der Waals surface area (Å²) in [5, 5.41) is 3.75. The van der Waals surface area contributed by atoms with Crippen molar-refractivity contribution in [2.45, 2.75) is 12.3 Å². The van der Waals surface area contributed by atoms with E-state index in [1.165, 1.54) is 24.3 Å². The molecule has 3 heterocycles. The van der Waals surface area contributed by atoms with Crippen LogP contribution in [0.3, 0.4) is 0 Å². The van der Waals surface area contributed by atoms with Gasteiger partial charge >= 0.3 is 6.18 Å². The van der Waals surface area contributed by atoms with Crippen molar-refractivity contribution in [3.63, 3.8) is 0 Å². The Kier molecular flexibility index (Phi) is 4.31. The highest BCUT2D eigenvalue weighted by molar-refractivity contribution is 6.37. The van der Waals surface area contributed by atoms with Crippen molar-refractivity contribution >= 4 is 46.4 Å². The molecule has 28 heavy (non-hydrogen) atoms. The lowest BCUT2D eigenvalue weighted by Gasteiger charge is -2.15. The number of fused-ring (bicyclic) bond motifs is 1. The number of amides is 2. The molecule has 1 aromatic heterocycles. The number of imide groups is 1. The van der Waals surface area contributed by atoms with Crippen molar-refractivity contribution < 1.29 is 27.6 Å². The molecular weight excluding hydrogens is 422 g/mol. The smallest absolute Gasteiger partial charge is 0.381 e. The third kappa shape index (κ3) is 2.91. The minimum absolute atomic E-state index is 0.0986. The second kappa shape index (κ2) is 6.46. The van der Waals surface area contributed by atoms with Gasteiger partial charge in [-0.1, -0.05) is 28.4 Å². The molecule has 0 radical (unpaired) electrons. The van der Waals surface area contributed by atoms with E-state index in [0.717, 1.165) is 4.90 Å². The Hall–Kier alpha value is -2.65. The third-order valence-electron chi connectivity index (χ3n) is 4.31. The number of halogens is 5. The maximum Gasteiger partial charge on any atom is 0.417 e. The fourth-order valence-electron chi connectivity index (χ4n) is 3.00. The molecule has 4 rings (SSSR count). The molecule has 0 bridgehead atoms. The molecule has 2 aliphatic rings. The van der Waals surface area contributed by atoms with Gasteiger partial charge in [0.25, 0.3) is 5.91 Å². The van der Waals surface area contributed by atoms with Crippen LogP contribution in [0, 0.1) is 5.92 Å². The quantitative estimate of drug-likeness (QED) is 0.682. The second-order valence-corrected chi connectivity index (χ2v) is 6.86. The predicted molar refractivity (Wildman–Crippen MR) is 93.1 cm³/mol. The standard InChI is InChI=1S/C17H8Cl2F3N3O3/c18-8-1-3-9(4-2-8)25-15(26)11-13(24-28-14(11)16(25)27)12-10(19)5-7(6-23-12)17(20,21)22/h1-6,11,14H/t11-,14+/m0/s1. The fraction of sp³-hybridized carbons (Fsp3) is 0.176. The van der Waals surface area contributed by atoms with Crippen LogP contribution in [0.2, 0.25) is 10.0 Å². The number of hydrogen-bond acceptors (Lipinski definition) is 5. The van der Waals surface area contributed by atoms with Crippen LogP contribution in [0.4, 0.5) is 18.9 Å². The number of hydrogen-bond donors (Lipinski definition) is 0. The largest absolute Gasteiger partial charge is 0.417 e. The van der Waals surface area contributed by atoms with Crippen LogP contribution >= 0.6 is 23.2 Å². The molecule has 0 unspecified atom stereocenters. The molecule has 0 N–H and O–H groups in total. The number of carbonyl (C=O) groups is 2. The van der Waals surface area contributed by atoms with Crippen molar-refractivity contribution in [1.82, 2.24) is 4.98 Å². The highest BCUT2D eigenvalue weighted by atomic mass is 35.5. The summed E-state index contributed by atoms with van der Waals surface area (Å²) in [6.07, 6.45) is -5.29. The van der Waals surface area contributed by atoms with E-state index in [9.17, 15) is 22.8 Å². The molecule has 6 nitrogen and oxygen atoms in total. The average Bonchev–Trinajstić information content (AvgIpc) is 3.16. The van der Waals surface area contributed by atoms with Gasteiger partial charge in [0.05, 0.1) is 16.3 Å². The van der Waals surface area contributed by atoms with Crippen molar-refractivity contribution in [2.24, 2.45) is 11.1 Å². The van der Waals surface area contributed by atoms with E-state index in [4.69, 9.17) is 28.0 Å². The van der Waals surface area contributed by atoms with E-state index in [2.05, 4.69) is 10.1 Å². The zero-order valence-corrected chi connectivity index (χ0v) is 15.1. The van der Waals surface area contributed by atoms with Crippen molar-refractivity contribution in [2.75, 3.05) is 4.90 Å². The van der Waals surface area contributed by atoms with Gasteiger partial charge in [-0.15, -0.1) is 0 Å². The third-order valence-corrected chi connectivity index (χ3v) is 4.85. The average molecular weight is 430 g/mol. The molecule has 0 spiro atoms. The number of carbonyl (C=O) groups excluding carboxylic acids is 2. The monoisotopic (exact) mass is 429 g/mol. The lowest BCUT2D eigenvalue weighted by molar-refractivity contribution is -0.137. The van der Waals surface area contributed by atoms with E-state index in [1.54, 1.807) is 0 Å². The van der Waals surface area contributed by atoms with Crippen LogP contribution in [-0.4, -0.2) is 28.6 Å². The first kappa shape index (κ1) is 18.7. The first-order chi connectivity index (χ1) is 13.2. The Labute approximate surface area is 165 Å². The summed E-state index contributed by atoms with van der Waals surface area (Å²) >= 11 is 11.8.